The third kappa shape index (κ3) is 6.44. The molecular formula is C40H26F5N3Pt. The Morgan fingerprint density at radius 1 is 0.673 bits per heavy atom. The van der Waals surface area contributed by atoms with Gasteiger partial charge in [-0.3, -0.25) is 18.6 Å². The Kier molecular flexibility index (Phi) is 9.99. The quantitative estimate of drug-likeness (QED) is 0.0911. The van der Waals surface area contributed by atoms with Gasteiger partial charge in [0.05, 0.1) is 23.4 Å². The Bertz CT molecular complexity index is 2100. The summed E-state index contributed by atoms with van der Waals surface area (Å²) in [6, 6.07) is 38.8. The molecule has 2 aromatic heterocycles. The predicted molar refractivity (Wildman–Crippen MR) is 173 cm³/mol. The van der Waals surface area contributed by atoms with E-state index in [1.807, 2.05) is 74.5 Å². The van der Waals surface area contributed by atoms with E-state index >= 15 is 4.39 Å². The van der Waals surface area contributed by atoms with Crippen LogP contribution in [0.2, 0.25) is 0 Å². The smallest absolute Gasteiger partial charge is 0.300 e. The summed E-state index contributed by atoms with van der Waals surface area (Å²) in [6.07, 6.45) is -4.59. The molecule has 0 saturated carbocycles. The third-order valence-corrected chi connectivity index (χ3v) is 8.47. The van der Waals surface area contributed by atoms with E-state index in [0.717, 1.165) is 18.2 Å². The minimum absolute atomic E-state index is 0. The molecule has 6 aromatic rings. The maximum absolute atomic E-state index is 15.1. The van der Waals surface area contributed by atoms with E-state index in [9.17, 15) is 17.6 Å². The standard InChI is InChI=1S/C40H26F5N3.Pt/c1-38(2,33-20-11-19-32(47-33)30-23-24-31(41)37(46-3)36(30)42)34-21-12-22-35(48-34)39(26-13-6-4-7-14-26,27-15-8-5-9-16-27)28-17-10-18-29(25-28)40(43,44)45;/h4-16,18-22,24-25H,1-2H3;/q-2;+2. The predicted octanol–water partition coefficient (Wildman–Crippen LogP) is 10.3. The van der Waals surface area contributed by atoms with Crippen LogP contribution in [-0.4, -0.2) is 9.97 Å². The zero-order chi connectivity index (χ0) is 34.1. The van der Waals surface area contributed by atoms with Crippen LogP contribution >= 0.6 is 0 Å². The second-order valence-electron chi connectivity index (χ2n) is 11.7. The van der Waals surface area contributed by atoms with Crippen LogP contribution in [0.4, 0.5) is 27.6 Å². The van der Waals surface area contributed by atoms with Crippen molar-refractivity contribution in [1.29, 1.82) is 0 Å². The monoisotopic (exact) mass is 838 g/mol. The van der Waals surface area contributed by atoms with Gasteiger partial charge in [-0.05, 0) is 48.9 Å². The van der Waals surface area contributed by atoms with E-state index in [-0.39, 0.29) is 37.9 Å². The first-order valence-electron chi connectivity index (χ1n) is 14.9. The number of rotatable bonds is 7. The van der Waals surface area contributed by atoms with E-state index < -0.39 is 39.9 Å². The molecule has 6 rings (SSSR count). The Morgan fingerprint density at radius 3 is 1.84 bits per heavy atom. The van der Waals surface area contributed by atoms with Crippen molar-refractivity contribution in [2.24, 2.45) is 0 Å². The van der Waals surface area contributed by atoms with Gasteiger partial charge in [0.15, 0.2) is 5.69 Å². The average Bonchev–Trinajstić information content (AvgIpc) is 3.10. The van der Waals surface area contributed by atoms with Crippen LogP contribution in [0.25, 0.3) is 16.1 Å². The van der Waals surface area contributed by atoms with Gasteiger partial charge in [-0.25, -0.2) is 0 Å². The summed E-state index contributed by atoms with van der Waals surface area (Å²) in [4.78, 5) is 12.8. The van der Waals surface area contributed by atoms with E-state index in [4.69, 9.17) is 16.5 Å². The SMILES string of the molecule is [C-]#[N+]c1c(F)c[c-]c(-c2cccc(C(C)(C)c3cccc(C(c4[c-]ccc(C(F)(F)F)c4)(c4ccccc4)c4ccccc4)n3)n2)c1F.[Pt+2]. The summed E-state index contributed by atoms with van der Waals surface area (Å²) in [5, 5.41) is 0. The zero-order valence-electron chi connectivity index (χ0n) is 26.1. The first kappa shape index (κ1) is 35.3. The van der Waals surface area contributed by atoms with Crippen molar-refractivity contribution in [2.75, 3.05) is 0 Å². The van der Waals surface area contributed by atoms with Gasteiger partial charge in [0.25, 0.3) is 0 Å². The third-order valence-electron chi connectivity index (χ3n) is 8.47. The molecule has 9 heteroatoms. The van der Waals surface area contributed by atoms with Gasteiger partial charge < -0.3 is 4.98 Å². The van der Waals surface area contributed by atoms with Crippen LogP contribution in [-0.2, 0) is 38.1 Å². The molecule has 49 heavy (non-hydrogen) atoms. The maximum Gasteiger partial charge on any atom is 2.00 e. The van der Waals surface area contributed by atoms with Crippen molar-refractivity contribution >= 4 is 5.69 Å². The number of pyridine rings is 2. The van der Waals surface area contributed by atoms with Crippen molar-refractivity contribution in [1.82, 2.24) is 9.97 Å². The Morgan fingerprint density at radius 2 is 1.24 bits per heavy atom. The molecule has 0 amide bonds. The van der Waals surface area contributed by atoms with E-state index in [0.29, 0.717) is 28.2 Å². The number of alkyl halides is 3. The molecule has 0 bridgehead atoms. The fourth-order valence-corrected chi connectivity index (χ4v) is 5.97. The van der Waals surface area contributed by atoms with Crippen LogP contribution < -0.4 is 0 Å². The molecule has 0 N–H and O–H groups in total. The van der Waals surface area contributed by atoms with Gasteiger partial charge in [0.2, 0.25) is 0 Å². The van der Waals surface area contributed by atoms with Crippen molar-refractivity contribution in [3.05, 3.63) is 196 Å². The minimum atomic E-state index is -4.59. The van der Waals surface area contributed by atoms with Gasteiger partial charge in [-0.1, -0.05) is 84.4 Å². The molecule has 0 radical (unpaired) electrons. The molecule has 0 spiro atoms. The van der Waals surface area contributed by atoms with Crippen LogP contribution in [0, 0.1) is 30.3 Å². The summed E-state index contributed by atoms with van der Waals surface area (Å²) < 4.78 is 71.5. The number of hydrogen-bond acceptors (Lipinski definition) is 2. The number of hydrogen-bond donors (Lipinski definition) is 0. The van der Waals surface area contributed by atoms with Gasteiger partial charge in [0, 0.05) is 22.7 Å². The average molecular weight is 839 g/mol. The van der Waals surface area contributed by atoms with Gasteiger partial charge >= 0.3 is 27.2 Å². The maximum atomic E-state index is 15.1. The van der Waals surface area contributed by atoms with Gasteiger partial charge in [-0.15, -0.1) is 23.3 Å². The van der Waals surface area contributed by atoms with Crippen LogP contribution in [0.5, 0.6) is 0 Å². The molecule has 0 aliphatic carbocycles. The fourth-order valence-electron chi connectivity index (χ4n) is 5.97. The van der Waals surface area contributed by atoms with Gasteiger partial charge in [-0.2, -0.15) is 37.4 Å². The fraction of sp³-hybridized carbons (Fsp3) is 0.125. The van der Waals surface area contributed by atoms with E-state index in [2.05, 4.69) is 17.0 Å². The minimum Gasteiger partial charge on any atom is -0.300 e. The Balaban J connectivity index is 0.00000468. The summed E-state index contributed by atoms with van der Waals surface area (Å²) in [7, 11) is 0. The van der Waals surface area contributed by atoms with Crippen LogP contribution in [0.3, 0.4) is 0 Å². The molecule has 0 aliphatic heterocycles. The molecular weight excluding hydrogens is 813 g/mol. The van der Waals surface area contributed by atoms with E-state index in [1.54, 1.807) is 36.4 Å². The molecule has 0 saturated heterocycles. The van der Waals surface area contributed by atoms with Crippen molar-refractivity contribution in [3.8, 4) is 11.3 Å². The Hall–Kier alpha value is -4.99. The topological polar surface area (TPSA) is 30.1 Å². The summed E-state index contributed by atoms with van der Waals surface area (Å²) >= 11 is 0. The Labute approximate surface area is 295 Å². The van der Waals surface area contributed by atoms with E-state index in [1.165, 1.54) is 6.07 Å². The largest absolute Gasteiger partial charge is 2.00 e. The van der Waals surface area contributed by atoms with Crippen molar-refractivity contribution < 1.29 is 43.0 Å². The summed E-state index contributed by atoms with van der Waals surface area (Å²) in [5.74, 6) is -2.07. The van der Waals surface area contributed by atoms with Crippen molar-refractivity contribution in [2.45, 2.75) is 30.9 Å². The summed E-state index contributed by atoms with van der Waals surface area (Å²) in [6.45, 7) is 10.9. The first-order valence-corrected chi connectivity index (χ1v) is 14.9. The molecule has 0 unspecified atom stereocenters. The molecule has 0 fully saturated rings. The molecule has 3 nitrogen and oxygen atoms in total. The first-order chi connectivity index (χ1) is 23.0. The second-order valence-corrected chi connectivity index (χ2v) is 11.7. The molecule has 0 aliphatic rings. The molecule has 2 heterocycles. The number of benzene rings is 4. The second kappa shape index (κ2) is 13.9. The normalized spacial score (nSPS) is 11.8. The number of nitrogens with zero attached hydrogens (tertiary/aromatic N) is 3. The number of aromatic nitrogens is 2. The summed E-state index contributed by atoms with van der Waals surface area (Å²) in [5.41, 5.74) is -0.651. The number of halogens is 5. The molecule has 4 aromatic carbocycles. The van der Waals surface area contributed by atoms with Crippen LogP contribution in [0.1, 0.15) is 53.2 Å². The molecule has 0 atom stereocenters. The van der Waals surface area contributed by atoms with Crippen LogP contribution in [0.15, 0.2) is 121 Å². The van der Waals surface area contributed by atoms with Gasteiger partial charge in [0.1, 0.15) is 0 Å². The van der Waals surface area contributed by atoms with Crippen molar-refractivity contribution in [3.63, 3.8) is 0 Å². The molecule has 246 valence electrons. The zero-order valence-corrected chi connectivity index (χ0v) is 28.4.